The number of nitrogens with zero attached hydrogens (tertiary/aromatic N) is 1. The largest absolute Gasteiger partial charge is 0.459 e. The zero-order valence-corrected chi connectivity index (χ0v) is 15.2. The Hall–Kier alpha value is -2.86. The molecule has 1 aromatic carbocycles. The number of furan rings is 1. The maximum absolute atomic E-state index is 12.9. The monoisotopic (exact) mass is 366 g/mol. The molecule has 0 bridgehead atoms. The smallest absolute Gasteiger partial charge is 0.289 e. The molecule has 0 radical (unpaired) electrons. The summed E-state index contributed by atoms with van der Waals surface area (Å²) in [6, 6.07) is 11.1. The van der Waals surface area contributed by atoms with E-state index in [1.165, 1.54) is 6.26 Å². The van der Waals surface area contributed by atoms with Crippen LogP contribution < -0.4 is 5.56 Å². The minimum absolute atomic E-state index is 0.00862. The molecule has 6 heteroatoms. The third-order valence-corrected chi connectivity index (χ3v) is 4.91. The summed E-state index contributed by atoms with van der Waals surface area (Å²) in [6.07, 6.45) is 3.37. The van der Waals surface area contributed by atoms with Crippen molar-refractivity contribution in [1.29, 1.82) is 0 Å². The molecule has 1 aliphatic heterocycles. The van der Waals surface area contributed by atoms with Crippen LogP contribution in [0.3, 0.4) is 0 Å². The SMILES string of the molecule is Cc1ccc2[nH]c(=O)c(CN(C[C@H]3CCCO3)C(=O)c3ccco3)cc2c1. The Morgan fingerprint density at radius 3 is 2.93 bits per heavy atom. The van der Waals surface area contributed by atoms with E-state index in [9.17, 15) is 9.59 Å². The van der Waals surface area contributed by atoms with Crippen molar-refractivity contribution in [3.8, 4) is 0 Å². The number of aryl methyl sites for hydroxylation is 1. The van der Waals surface area contributed by atoms with Crippen molar-refractivity contribution in [3.63, 3.8) is 0 Å². The van der Waals surface area contributed by atoms with Gasteiger partial charge >= 0.3 is 0 Å². The van der Waals surface area contributed by atoms with Gasteiger partial charge in [0.2, 0.25) is 0 Å². The first-order valence-corrected chi connectivity index (χ1v) is 9.17. The predicted molar refractivity (Wildman–Crippen MR) is 102 cm³/mol. The molecule has 0 spiro atoms. The Bertz CT molecular complexity index is 1000. The molecular weight excluding hydrogens is 344 g/mol. The van der Waals surface area contributed by atoms with Crippen LogP contribution >= 0.6 is 0 Å². The molecule has 140 valence electrons. The van der Waals surface area contributed by atoms with Gasteiger partial charge < -0.3 is 19.0 Å². The van der Waals surface area contributed by atoms with Gasteiger partial charge in [0, 0.05) is 24.2 Å². The van der Waals surface area contributed by atoms with Crippen LogP contribution in [0, 0.1) is 6.92 Å². The molecule has 4 rings (SSSR count). The van der Waals surface area contributed by atoms with Gasteiger partial charge in [-0.15, -0.1) is 0 Å². The molecular formula is C21H22N2O4. The fraction of sp³-hybridized carbons (Fsp3) is 0.333. The van der Waals surface area contributed by atoms with Gasteiger partial charge in [0.25, 0.3) is 11.5 Å². The fourth-order valence-corrected chi connectivity index (χ4v) is 3.50. The van der Waals surface area contributed by atoms with Gasteiger partial charge in [-0.25, -0.2) is 0 Å². The number of pyridine rings is 1. The number of amides is 1. The highest BCUT2D eigenvalue weighted by molar-refractivity contribution is 5.91. The first-order chi connectivity index (χ1) is 13.1. The number of aromatic amines is 1. The van der Waals surface area contributed by atoms with Crippen LogP contribution in [0.15, 0.2) is 51.9 Å². The molecule has 0 saturated carbocycles. The van der Waals surface area contributed by atoms with Crippen molar-refractivity contribution in [3.05, 3.63) is 69.9 Å². The van der Waals surface area contributed by atoms with E-state index < -0.39 is 0 Å². The van der Waals surface area contributed by atoms with Crippen LogP contribution in [0.5, 0.6) is 0 Å². The summed E-state index contributed by atoms with van der Waals surface area (Å²) in [5.74, 6) is 0.0281. The van der Waals surface area contributed by atoms with E-state index in [0.717, 1.165) is 29.3 Å². The minimum atomic E-state index is -0.237. The van der Waals surface area contributed by atoms with Crippen LogP contribution in [0.2, 0.25) is 0 Å². The molecule has 1 N–H and O–H groups in total. The van der Waals surface area contributed by atoms with E-state index in [1.807, 2.05) is 31.2 Å². The van der Waals surface area contributed by atoms with Gasteiger partial charge in [-0.3, -0.25) is 9.59 Å². The molecule has 1 saturated heterocycles. The number of fused-ring (bicyclic) bond motifs is 1. The quantitative estimate of drug-likeness (QED) is 0.752. The molecule has 0 unspecified atom stereocenters. The molecule has 1 fully saturated rings. The summed E-state index contributed by atoms with van der Waals surface area (Å²) in [6.45, 7) is 3.36. The van der Waals surface area contributed by atoms with Gasteiger partial charge in [0.05, 0.1) is 18.9 Å². The molecule has 1 amide bonds. The average molecular weight is 366 g/mol. The van der Waals surface area contributed by atoms with Crippen molar-refractivity contribution in [1.82, 2.24) is 9.88 Å². The topological polar surface area (TPSA) is 75.5 Å². The van der Waals surface area contributed by atoms with Crippen molar-refractivity contribution >= 4 is 16.8 Å². The van der Waals surface area contributed by atoms with Crippen molar-refractivity contribution in [2.24, 2.45) is 0 Å². The Morgan fingerprint density at radius 2 is 2.19 bits per heavy atom. The maximum atomic E-state index is 12.9. The molecule has 3 heterocycles. The number of carbonyl (C=O) groups is 1. The van der Waals surface area contributed by atoms with Crippen LogP contribution in [-0.4, -0.2) is 35.0 Å². The van der Waals surface area contributed by atoms with Crippen molar-refractivity contribution < 1.29 is 13.9 Å². The highest BCUT2D eigenvalue weighted by atomic mass is 16.5. The van der Waals surface area contributed by atoms with Gasteiger partial charge in [0.15, 0.2) is 5.76 Å². The Labute approximate surface area is 156 Å². The first-order valence-electron chi connectivity index (χ1n) is 9.17. The summed E-state index contributed by atoms with van der Waals surface area (Å²) in [7, 11) is 0. The second kappa shape index (κ2) is 7.40. The van der Waals surface area contributed by atoms with Crippen LogP contribution in [0.25, 0.3) is 10.9 Å². The number of hydrogen-bond acceptors (Lipinski definition) is 4. The second-order valence-corrected chi connectivity index (χ2v) is 7.01. The highest BCUT2D eigenvalue weighted by Crippen LogP contribution is 2.18. The molecule has 2 aromatic heterocycles. The summed E-state index contributed by atoms with van der Waals surface area (Å²) in [5, 5.41) is 0.951. The van der Waals surface area contributed by atoms with Gasteiger partial charge in [-0.05, 0) is 55.5 Å². The van der Waals surface area contributed by atoms with Crippen LogP contribution in [-0.2, 0) is 11.3 Å². The zero-order valence-electron chi connectivity index (χ0n) is 15.2. The minimum Gasteiger partial charge on any atom is -0.459 e. The Kier molecular flexibility index (Phi) is 4.81. The Balaban J connectivity index is 1.65. The summed E-state index contributed by atoms with van der Waals surface area (Å²) < 4.78 is 11.0. The maximum Gasteiger partial charge on any atom is 0.289 e. The fourth-order valence-electron chi connectivity index (χ4n) is 3.50. The number of rotatable bonds is 5. The number of H-pyrrole nitrogens is 1. The normalized spacial score (nSPS) is 16.7. The lowest BCUT2D eigenvalue weighted by Gasteiger charge is -2.24. The molecule has 27 heavy (non-hydrogen) atoms. The van der Waals surface area contributed by atoms with Crippen molar-refractivity contribution in [2.45, 2.75) is 32.4 Å². The van der Waals surface area contributed by atoms with Gasteiger partial charge in [0.1, 0.15) is 0 Å². The second-order valence-electron chi connectivity index (χ2n) is 7.01. The van der Waals surface area contributed by atoms with Gasteiger partial charge in [-0.1, -0.05) is 11.6 Å². The Morgan fingerprint density at radius 1 is 1.30 bits per heavy atom. The third-order valence-electron chi connectivity index (χ3n) is 4.91. The lowest BCUT2D eigenvalue weighted by atomic mass is 10.1. The number of nitrogens with one attached hydrogen (secondary N) is 1. The van der Waals surface area contributed by atoms with E-state index >= 15 is 0 Å². The lowest BCUT2D eigenvalue weighted by molar-refractivity contribution is 0.0483. The van der Waals surface area contributed by atoms with E-state index in [-0.39, 0.29) is 29.9 Å². The molecule has 1 aliphatic rings. The van der Waals surface area contributed by atoms with E-state index in [1.54, 1.807) is 17.0 Å². The third kappa shape index (κ3) is 3.80. The van der Waals surface area contributed by atoms with Crippen LogP contribution in [0.1, 0.15) is 34.5 Å². The summed E-state index contributed by atoms with van der Waals surface area (Å²) in [4.78, 5) is 30.0. The highest BCUT2D eigenvalue weighted by Gasteiger charge is 2.25. The molecule has 1 atom stereocenters. The van der Waals surface area contributed by atoms with Crippen molar-refractivity contribution in [2.75, 3.05) is 13.2 Å². The summed E-state index contributed by atoms with van der Waals surface area (Å²) >= 11 is 0. The molecule has 3 aromatic rings. The predicted octanol–water partition coefficient (Wildman–Crippen LogP) is 3.25. The van der Waals surface area contributed by atoms with E-state index in [4.69, 9.17) is 9.15 Å². The number of ether oxygens (including phenoxy) is 1. The lowest BCUT2D eigenvalue weighted by Crippen LogP contribution is -2.38. The molecule has 6 nitrogen and oxygen atoms in total. The first kappa shape index (κ1) is 17.5. The standard InChI is InChI=1S/C21H22N2O4/c1-14-6-7-18-15(10-14)11-16(20(24)22-18)12-23(13-17-4-2-8-26-17)21(25)19-5-3-9-27-19/h3,5-7,9-11,17H,2,4,8,12-13H2,1H3,(H,22,24)/t17-/m1/s1. The average Bonchev–Trinajstić information content (AvgIpc) is 3.35. The summed E-state index contributed by atoms with van der Waals surface area (Å²) in [5.41, 5.74) is 2.27. The van der Waals surface area contributed by atoms with E-state index in [0.29, 0.717) is 18.7 Å². The van der Waals surface area contributed by atoms with Gasteiger partial charge in [-0.2, -0.15) is 0 Å². The van der Waals surface area contributed by atoms with Crippen LogP contribution in [0.4, 0.5) is 0 Å². The number of carbonyl (C=O) groups excluding carboxylic acids is 1. The molecule has 0 aliphatic carbocycles. The number of aromatic nitrogens is 1. The number of benzene rings is 1. The number of hydrogen-bond donors (Lipinski definition) is 1. The van der Waals surface area contributed by atoms with E-state index in [2.05, 4.69) is 4.98 Å². The zero-order chi connectivity index (χ0) is 18.8.